The lowest BCUT2D eigenvalue weighted by Crippen LogP contribution is -2.41. The highest BCUT2D eigenvalue weighted by atomic mass is 19.3. The van der Waals surface area contributed by atoms with E-state index in [0.717, 1.165) is 24.3 Å². The van der Waals surface area contributed by atoms with Crippen LogP contribution in [-0.2, 0) is 10.7 Å². The SMILES string of the molecule is Cc1ncnc2c1ccn2[C@@H]1O[C@H](C(F)(F)c2ccc(F)cc2)[C@@H](O)[C@H]1O. The molecule has 0 bridgehead atoms. The molecule has 0 radical (unpaired) electrons. The zero-order chi connectivity index (χ0) is 19.3. The van der Waals surface area contributed by atoms with E-state index in [9.17, 15) is 23.4 Å². The maximum atomic E-state index is 14.9. The van der Waals surface area contributed by atoms with Gasteiger partial charge in [0.1, 0.15) is 30.0 Å². The number of aliphatic hydroxyl groups excluding tert-OH is 2. The topological polar surface area (TPSA) is 80.4 Å². The van der Waals surface area contributed by atoms with Crippen molar-refractivity contribution in [2.75, 3.05) is 0 Å². The summed E-state index contributed by atoms with van der Waals surface area (Å²) in [7, 11) is 0. The minimum Gasteiger partial charge on any atom is -0.387 e. The van der Waals surface area contributed by atoms with Gasteiger partial charge in [0.05, 0.1) is 5.69 Å². The summed E-state index contributed by atoms with van der Waals surface area (Å²) in [5.41, 5.74) is 0.556. The van der Waals surface area contributed by atoms with E-state index in [-0.39, 0.29) is 0 Å². The van der Waals surface area contributed by atoms with E-state index >= 15 is 0 Å². The van der Waals surface area contributed by atoms with Gasteiger partial charge in [-0.1, -0.05) is 12.1 Å². The average Bonchev–Trinajstić information content (AvgIpc) is 3.19. The summed E-state index contributed by atoms with van der Waals surface area (Å²) in [4.78, 5) is 8.17. The Kier molecular flexibility index (Phi) is 4.17. The van der Waals surface area contributed by atoms with Crippen LogP contribution in [0.2, 0.25) is 0 Å². The van der Waals surface area contributed by atoms with Crippen molar-refractivity contribution in [2.45, 2.75) is 37.4 Å². The second-order valence-electron chi connectivity index (χ2n) is 6.48. The van der Waals surface area contributed by atoms with Crippen LogP contribution in [0.1, 0.15) is 17.5 Å². The molecule has 1 aromatic carbocycles. The number of fused-ring (bicyclic) bond motifs is 1. The fraction of sp³-hybridized carbons (Fsp3) is 0.333. The van der Waals surface area contributed by atoms with Crippen LogP contribution in [0.3, 0.4) is 0 Å². The summed E-state index contributed by atoms with van der Waals surface area (Å²) in [6.07, 6.45) is -3.88. The molecule has 0 spiro atoms. The molecule has 3 heterocycles. The Balaban J connectivity index is 1.70. The van der Waals surface area contributed by atoms with Crippen LogP contribution < -0.4 is 0 Å². The first kappa shape index (κ1) is 17.9. The van der Waals surface area contributed by atoms with Gasteiger partial charge in [-0.3, -0.25) is 0 Å². The Morgan fingerprint density at radius 1 is 1.07 bits per heavy atom. The normalized spacial score (nSPS) is 26.0. The van der Waals surface area contributed by atoms with Gasteiger partial charge in [0.15, 0.2) is 12.3 Å². The van der Waals surface area contributed by atoms with E-state index in [1.807, 2.05) is 0 Å². The van der Waals surface area contributed by atoms with Gasteiger partial charge in [-0.05, 0) is 25.1 Å². The van der Waals surface area contributed by atoms with E-state index in [4.69, 9.17) is 4.74 Å². The van der Waals surface area contributed by atoms with Crippen LogP contribution in [0.5, 0.6) is 0 Å². The summed E-state index contributed by atoms with van der Waals surface area (Å²) in [6.45, 7) is 1.76. The molecule has 0 unspecified atom stereocenters. The summed E-state index contributed by atoms with van der Waals surface area (Å²) in [6, 6.07) is 5.33. The van der Waals surface area contributed by atoms with Crippen molar-refractivity contribution in [2.24, 2.45) is 0 Å². The predicted molar refractivity (Wildman–Crippen MR) is 88.5 cm³/mol. The van der Waals surface area contributed by atoms with Crippen LogP contribution in [0.25, 0.3) is 11.0 Å². The Hall–Kier alpha value is -2.49. The maximum absolute atomic E-state index is 14.9. The molecule has 0 amide bonds. The molecule has 1 fully saturated rings. The fourth-order valence-electron chi connectivity index (χ4n) is 3.33. The van der Waals surface area contributed by atoms with Crippen molar-refractivity contribution >= 4 is 11.0 Å². The van der Waals surface area contributed by atoms with Gasteiger partial charge in [-0.15, -0.1) is 0 Å². The largest absolute Gasteiger partial charge is 0.387 e. The van der Waals surface area contributed by atoms with Gasteiger partial charge in [-0.25, -0.2) is 14.4 Å². The van der Waals surface area contributed by atoms with Crippen molar-refractivity contribution in [3.8, 4) is 0 Å². The van der Waals surface area contributed by atoms with E-state index in [1.165, 1.54) is 17.1 Å². The Morgan fingerprint density at radius 3 is 2.48 bits per heavy atom. The van der Waals surface area contributed by atoms with Gasteiger partial charge in [0.2, 0.25) is 0 Å². The third-order valence-electron chi connectivity index (χ3n) is 4.81. The highest BCUT2D eigenvalue weighted by molar-refractivity contribution is 5.78. The maximum Gasteiger partial charge on any atom is 0.301 e. The molecule has 1 saturated heterocycles. The number of alkyl halides is 2. The number of hydrogen-bond donors (Lipinski definition) is 2. The standard InChI is InChI=1S/C18H16F3N3O3/c1-9-12-6-7-24(16(12)23-8-22-9)17-14(26)13(25)15(27-17)18(20,21)10-2-4-11(19)5-3-10/h2-8,13-15,17,25-26H,1H3/t13-,14+,15-,17+/m0/s1. The van der Waals surface area contributed by atoms with Crippen molar-refractivity contribution < 1.29 is 28.1 Å². The first-order valence-electron chi connectivity index (χ1n) is 8.24. The fourth-order valence-corrected chi connectivity index (χ4v) is 3.33. The molecule has 4 rings (SSSR count). The zero-order valence-electron chi connectivity index (χ0n) is 14.1. The Labute approximate surface area is 151 Å². The second-order valence-corrected chi connectivity index (χ2v) is 6.48. The number of halogens is 3. The summed E-state index contributed by atoms with van der Waals surface area (Å²) >= 11 is 0. The minimum absolute atomic E-state index is 0.393. The molecule has 9 heteroatoms. The zero-order valence-corrected chi connectivity index (χ0v) is 14.1. The van der Waals surface area contributed by atoms with Crippen LogP contribution in [-0.4, -0.2) is 43.1 Å². The number of benzene rings is 1. The van der Waals surface area contributed by atoms with Gasteiger partial charge < -0.3 is 19.5 Å². The molecule has 4 atom stereocenters. The number of hydrogen-bond acceptors (Lipinski definition) is 5. The Morgan fingerprint density at radius 2 is 1.78 bits per heavy atom. The molecule has 0 saturated carbocycles. The summed E-state index contributed by atoms with van der Waals surface area (Å²) < 4.78 is 49.5. The second kappa shape index (κ2) is 6.29. The third-order valence-corrected chi connectivity index (χ3v) is 4.81. The Bertz CT molecular complexity index is 977. The molecule has 2 aromatic heterocycles. The highest BCUT2D eigenvalue weighted by Gasteiger charge is 2.56. The summed E-state index contributed by atoms with van der Waals surface area (Å²) in [5.74, 6) is -4.30. The van der Waals surface area contributed by atoms with Crippen molar-refractivity contribution in [1.82, 2.24) is 14.5 Å². The lowest BCUT2D eigenvalue weighted by Gasteiger charge is -2.25. The molecule has 1 aliphatic heterocycles. The van der Waals surface area contributed by atoms with E-state index in [2.05, 4.69) is 9.97 Å². The molecule has 142 valence electrons. The van der Waals surface area contributed by atoms with Crippen molar-refractivity contribution in [3.63, 3.8) is 0 Å². The molecular formula is C18H16F3N3O3. The smallest absolute Gasteiger partial charge is 0.301 e. The number of aryl methyl sites for hydroxylation is 1. The average molecular weight is 379 g/mol. The van der Waals surface area contributed by atoms with Gasteiger partial charge in [0.25, 0.3) is 0 Å². The quantitative estimate of drug-likeness (QED) is 0.730. The number of rotatable bonds is 3. The number of ether oxygens (including phenoxy) is 1. The van der Waals surface area contributed by atoms with E-state index in [0.29, 0.717) is 16.7 Å². The van der Waals surface area contributed by atoms with Crippen LogP contribution >= 0.6 is 0 Å². The number of nitrogens with zero attached hydrogens (tertiary/aromatic N) is 3. The van der Waals surface area contributed by atoms with Gasteiger partial charge >= 0.3 is 5.92 Å². The van der Waals surface area contributed by atoms with Crippen molar-refractivity contribution in [3.05, 3.63) is 59.9 Å². The summed E-state index contributed by atoms with van der Waals surface area (Å²) in [5, 5.41) is 21.3. The number of aliphatic hydroxyl groups is 2. The molecule has 6 nitrogen and oxygen atoms in total. The van der Waals surface area contributed by atoms with Crippen LogP contribution in [0.4, 0.5) is 13.2 Å². The van der Waals surface area contributed by atoms with Gasteiger partial charge in [-0.2, -0.15) is 8.78 Å². The lowest BCUT2D eigenvalue weighted by molar-refractivity contribution is -0.169. The minimum atomic E-state index is -3.64. The molecule has 27 heavy (non-hydrogen) atoms. The molecular weight excluding hydrogens is 363 g/mol. The molecule has 1 aliphatic rings. The first-order chi connectivity index (χ1) is 12.8. The van der Waals surface area contributed by atoms with E-state index in [1.54, 1.807) is 13.0 Å². The third kappa shape index (κ3) is 2.78. The lowest BCUT2D eigenvalue weighted by atomic mass is 9.98. The van der Waals surface area contributed by atoms with Crippen molar-refractivity contribution in [1.29, 1.82) is 0 Å². The molecule has 3 aromatic rings. The van der Waals surface area contributed by atoms with Crippen LogP contribution in [0, 0.1) is 12.7 Å². The van der Waals surface area contributed by atoms with Crippen LogP contribution in [0.15, 0.2) is 42.9 Å². The highest BCUT2D eigenvalue weighted by Crippen LogP contribution is 2.43. The van der Waals surface area contributed by atoms with Gasteiger partial charge in [0, 0.05) is 17.1 Å². The first-order valence-corrected chi connectivity index (χ1v) is 8.24. The molecule has 0 aliphatic carbocycles. The monoisotopic (exact) mass is 379 g/mol. The molecule has 2 N–H and O–H groups in total. The van der Waals surface area contributed by atoms with E-state index < -0.39 is 41.8 Å². The number of aromatic nitrogens is 3. The predicted octanol–water partition coefficient (Wildman–Crippen LogP) is 2.29.